The first-order valence-electron chi connectivity index (χ1n) is 5.52. The minimum absolute atomic E-state index is 0.0601. The molecule has 4 nitrogen and oxygen atoms in total. The van der Waals surface area contributed by atoms with E-state index in [-0.39, 0.29) is 6.10 Å². The monoisotopic (exact) mass is 252 g/mol. The van der Waals surface area contributed by atoms with Gasteiger partial charge in [-0.1, -0.05) is 0 Å². The molecule has 5 heteroatoms. The lowest BCUT2D eigenvalue weighted by Gasteiger charge is -2.11. The average molecular weight is 252 g/mol. The molecule has 1 aliphatic heterocycles. The molecule has 0 aliphatic carbocycles. The first-order valence-corrected chi connectivity index (χ1v) is 5.52. The van der Waals surface area contributed by atoms with E-state index in [4.69, 9.17) is 14.6 Å². The van der Waals surface area contributed by atoms with Crippen LogP contribution in [0.1, 0.15) is 12.5 Å². The highest BCUT2D eigenvalue weighted by molar-refractivity contribution is 5.90. The molecule has 0 saturated carbocycles. The molecule has 1 N–H and O–H groups in total. The zero-order chi connectivity index (χ0) is 13.1. The summed E-state index contributed by atoms with van der Waals surface area (Å²) in [5.41, 5.74) is 1.08. The van der Waals surface area contributed by atoms with Crippen molar-refractivity contribution in [3.8, 4) is 5.75 Å². The van der Waals surface area contributed by atoms with E-state index >= 15 is 0 Å². The Morgan fingerprint density at radius 3 is 3.00 bits per heavy atom. The van der Waals surface area contributed by atoms with E-state index < -0.39 is 11.8 Å². The second kappa shape index (κ2) is 5.18. The molecule has 2 rings (SSSR count). The van der Waals surface area contributed by atoms with Gasteiger partial charge in [0.25, 0.3) is 0 Å². The van der Waals surface area contributed by atoms with Crippen LogP contribution in [-0.2, 0) is 9.53 Å². The van der Waals surface area contributed by atoms with E-state index in [9.17, 15) is 9.18 Å². The summed E-state index contributed by atoms with van der Waals surface area (Å²) >= 11 is 0. The van der Waals surface area contributed by atoms with Gasteiger partial charge in [-0.3, -0.25) is 0 Å². The van der Waals surface area contributed by atoms with Crippen LogP contribution in [0.2, 0.25) is 0 Å². The number of benzene rings is 1. The molecular weight excluding hydrogens is 239 g/mol. The molecule has 1 aromatic carbocycles. The number of allylic oxidation sites excluding steroid dienone is 1. The zero-order valence-corrected chi connectivity index (χ0v) is 9.85. The number of halogens is 1. The van der Waals surface area contributed by atoms with Crippen LogP contribution < -0.4 is 4.74 Å². The lowest BCUT2D eigenvalue weighted by Crippen LogP contribution is -2.06. The molecule has 1 heterocycles. The van der Waals surface area contributed by atoms with Crippen molar-refractivity contribution in [3.05, 3.63) is 35.7 Å². The van der Waals surface area contributed by atoms with Crippen molar-refractivity contribution >= 4 is 11.5 Å². The van der Waals surface area contributed by atoms with Crippen molar-refractivity contribution in [1.82, 2.24) is 0 Å². The van der Waals surface area contributed by atoms with E-state index in [2.05, 4.69) is 0 Å². The van der Waals surface area contributed by atoms with Gasteiger partial charge in [0.15, 0.2) is 0 Å². The van der Waals surface area contributed by atoms with E-state index in [0.717, 1.165) is 6.08 Å². The fraction of sp³-hybridized carbons (Fsp3) is 0.308. The Hall–Kier alpha value is -1.88. The predicted molar refractivity (Wildman–Crippen MR) is 62.9 cm³/mol. The molecule has 18 heavy (non-hydrogen) atoms. The quantitative estimate of drug-likeness (QED) is 0.644. The van der Waals surface area contributed by atoms with Gasteiger partial charge in [-0.05, 0) is 24.6 Å². The van der Waals surface area contributed by atoms with Crippen LogP contribution in [0.4, 0.5) is 4.39 Å². The molecular formula is C13H13FO4. The van der Waals surface area contributed by atoms with Crippen molar-refractivity contribution in [2.75, 3.05) is 13.2 Å². The number of rotatable bonds is 5. The normalized spacial score (nSPS) is 18.6. The van der Waals surface area contributed by atoms with Gasteiger partial charge in [0, 0.05) is 17.7 Å². The number of hydrogen-bond donors (Lipinski definition) is 1. The standard InChI is InChI=1S/C13H13FO4/c1-8(4-13(15)16)11-3-2-9(14)5-12(11)18-7-10-6-17-10/h2-5,10H,6-7H2,1H3,(H,15,16)/b8-4-. The molecule has 0 amide bonds. The van der Waals surface area contributed by atoms with Crippen molar-refractivity contribution in [1.29, 1.82) is 0 Å². The molecule has 1 aromatic rings. The summed E-state index contributed by atoms with van der Waals surface area (Å²) in [5, 5.41) is 8.71. The smallest absolute Gasteiger partial charge is 0.328 e. The Labute approximate surface area is 104 Å². The predicted octanol–water partition coefficient (Wildman–Crippen LogP) is 2.09. The Morgan fingerprint density at radius 1 is 1.67 bits per heavy atom. The minimum Gasteiger partial charge on any atom is -0.490 e. The molecule has 1 saturated heterocycles. The van der Waals surface area contributed by atoms with Gasteiger partial charge in [0.05, 0.1) is 6.61 Å². The summed E-state index contributed by atoms with van der Waals surface area (Å²) in [5.74, 6) is -1.14. The largest absolute Gasteiger partial charge is 0.490 e. The van der Waals surface area contributed by atoms with Crippen LogP contribution in [-0.4, -0.2) is 30.4 Å². The maximum atomic E-state index is 13.2. The Balaban J connectivity index is 2.23. The summed E-state index contributed by atoms with van der Waals surface area (Å²) in [6.45, 7) is 2.63. The second-order valence-electron chi connectivity index (χ2n) is 4.07. The zero-order valence-electron chi connectivity index (χ0n) is 9.85. The van der Waals surface area contributed by atoms with Crippen LogP contribution >= 0.6 is 0 Å². The highest BCUT2D eigenvalue weighted by Crippen LogP contribution is 2.27. The molecule has 1 atom stereocenters. The fourth-order valence-corrected chi connectivity index (χ4v) is 1.55. The van der Waals surface area contributed by atoms with E-state index in [1.165, 1.54) is 18.2 Å². The van der Waals surface area contributed by atoms with Gasteiger partial charge in [-0.2, -0.15) is 0 Å². The Morgan fingerprint density at radius 2 is 2.39 bits per heavy atom. The summed E-state index contributed by atoms with van der Waals surface area (Å²) in [7, 11) is 0. The number of carboxylic acid groups (broad SMARTS) is 1. The van der Waals surface area contributed by atoms with Gasteiger partial charge < -0.3 is 14.6 Å². The summed E-state index contributed by atoms with van der Waals surface area (Å²) in [6.07, 6.45) is 1.12. The molecule has 1 fully saturated rings. The maximum Gasteiger partial charge on any atom is 0.328 e. The van der Waals surface area contributed by atoms with Crippen molar-refractivity contribution in [2.24, 2.45) is 0 Å². The van der Waals surface area contributed by atoms with Crippen LogP contribution in [0.3, 0.4) is 0 Å². The number of carbonyl (C=O) groups is 1. The van der Waals surface area contributed by atoms with E-state index in [1.54, 1.807) is 6.92 Å². The fourth-order valence-electron chi connectivity index (χ4n) is 1.55. The number of hydrogen-bond acceptors (Lipinski definition) is 3. The SMILES string of the molecule is C/C(=C/C(=O)O)c1ccc(F)cc1OCC1CO1. The average Bonchev–Trinajstić information content (AvgIpc) is 3.09. The van der Waals surface area contributed by atoms with Gasteiger partial charge in [-0.15, -0.1) is 0 Å². The van der Waals surface area contributed by atoms with Crippen LogP contribution in [0.25, 0.3) is 5.57 Å². The lowest BCUT2D eigenvalue weighted by atomic mass is 10.1. The first-order chi connectivity index (χ1) is 8.56. The summed E-state index contributed by atoms with van der Waals surface area (Å²) in [6, 6.07) is 4.03. The second-order valence-corrected chi connectivity index (χ2v) is 4.07. The van der Waals surface area contributed by atoms with Crippen molar-refractivity contribution < 1.29 is 23.8 Å². The lowest BCUT2D eigenvalue weighted by molar-refractivity contribution is -0.131. The van der Waals surface area contributed by atoms with E-state index in [1.807, 2.05) is 0 Å². The van der Waals surface area contributed by atoms with Gasteiger partial charge >= 0.3 is 5.97 Å². The van der Waals surface area contributed by atoms with Crippen molar-refractivity contribution in [2.45, 2.75) is 13.0 Å². The number of carboxylic acids is 1. The molecule has 0 bridgehead atoms. The third kappa shape index (κ3) is 3.30. The van der Waals surface area contributed by atoms with Gasteiger partial charge in [0.2, 0.25) is 0 Å². The molecule has 0 aromatic heterocycles. The minimum atomic E-state index is -1.05. The summed E-state index contributed by atoms with van der Waals surface area (Å²) in [4.78, 5) is 10.6. The van der Waals surface area contributed by atoms with E-state index in [0.29, 0.717) is 30.1 Å². The van der Waals surface area contributed by atoms with Crippen LogP contribution in [0.5, 0.6) is 5.75 Å². The number of ether oxygens (including phenoxy) is 2. The molecule has 0 radical (unpaired) electrons. The highest BCUT2D eigenvalue weighted by Gasteiger charge is 2.23. The maximum absolute atomic E-state index is 13.2. The van der Waals surface area contributed by atoms with Crippen LogP contribution in [0.15, 0.2) is 24.3 Å². The number of aliphatic carboxylic acids is 1. The Kier molecular flexibility index (Phi) is 3.62. The molecule has 1 aliphatic rings. The molecule has 0 spiro atoms. The molecule has 96 valence electrons. The van der Waals surface area contributed by atoms with Gasteiger partial charge in [0.1, 0.15) is 24.3 Å². The van der Waals surface area contributed by atoms with Crippen LogP contribution in [0, 0.1) is 5.82 Å². The first kappa shape index (κ1) is 12.6. The van der Waals surface area contributed by atoms with Crippen molar-refractivity contribution in [3.63, 3.8) is 0 Å². The number of epoxide rings is 1. The highest BCUT2D eigenvalue weighted by atomic mass is 19.1. The summed E-state index contributed by atoms with van der Waals surface area (Å²) < 4.78 is 23.6. The third-order valence-electron chi connectivity index (χ3n) is 2.54. The topological polar surface area (TPSA) is 59.1 Å². The van der Waals surface area contributed by atoms with Gasteiger partial charge in [-0.25, -0.2) is 9.18 Å². The Bertz CT molecular complexity index is 492. The molecule has 1 unspecified atom stereocenters. The third-order valence-corrected chi connectivity index (χ3v) is 2.54.